The second-order valence-corrected chi connectivity index (χ2v) is 7.50. The summed E-state index contributed by atoms with van der Waals surface area (Å²) < 4.78 is 7.10. The first-order chi connectivity index (χ1) is 9.36. The summed E-state index contributed by atoms with van der Waals surface area (Å²) in [6.07, 6.45) is 1.46. The molecule has 1 aromatic rings. The zero-order chi connectivity index (χ0) is 14.9. The van der Waals surface area contributed by atoms with E-state index >= 15 is 0 Å². The number of ether oxygens (including phenoxy) is 1. The van der Waals surface area contributed by atoms with Crippen molar-refractivity contribution in [2.45, 2.75) is 24.8 Å². The Morgan fingerprint density at radius 2 is 2.10 bits per heavy atom. The van der Waals surface area contributed by atoms with Crippen LogP contribution in [-0.2, 0) is 0 Å². The maximum atomic E-state index is 10.5. The molecule has 4 nitrogen and oxygen atoms in total. The van der Waals surface area contributed by atoms with Crippen LogP contribution in [0.2, 0.25) is 0 Å². The van der Waals surface area contributed by atoms with Gasteiger partial charge in [0, 0.05) is 7.05 Å². The van der Waals surface area contributed by atoms with Crippen molar-refractivity contribution in [1.82, 2.24) is 4.90 Å². The van der Waals surface area contributed by atoms with Crippen molar-refractivity contribution in [3.63, 3.8) is 0 Å². The van der Waals surface area contributed by atoms with Crippen molar-refractivity contribution >= 4 is 34.5 Å². The van der Waals surface area contributed by atoms with Crippen molar-refractivity contribution in [2.75, 3.05) is 14.2 Å². The molecular weight excluding hydrogens is 292 g/mol. The summed E-state index contributed by atoms with van der Waals surface area (Å²) in [4.78, 5) is 1.91. The van der Waals surface area contributed by atoms with Gasteiger partial charge in [-0.05, 0) is 30.7 Å². The van der Waals surface area contributed by atoms with E-state index in [1.54, 1.807) is 25.1 Å². The van der Waals surface area contributed by atoms with Gasteiger partial charge in [-0.1, -0.05) is 36.1 Å². The molecule has 0 saturated carbocycles. The number of thioether (sulfide) groups is 1. The average molecular weight is 311 g/mol. The van der Waals surface area contributed by atoms with Gasteiger partial charge in [0.05, 0.1) is 12.7 Å². The first-order valence-corrected chi connectivity index (χ1v) is 7.50. The van der Waals surface area contributed by atoms with Gasteiger partial charge in [-0.25, -0.2) is 0 Å². The molecule has 1 aliphatic rings. The summed E-state index contributed by atoms with van der Waals surface area (Å²) in [5, 5.41) is 10.5. The summed E-state index contributed by atoms with van der Waals surface area (Å²) in [5.74, 6) is 0.722. The molecule has 1 unspecified atom stereocenters. The smallest absolute Gasteiger partial charge is 0.292 e. The number of methoxy groups -OCH3 is 1. The first kappa shape index (κ1) is 15.1. The van der Waals surface area contributed by atoms with E-state index in [2.05, 4.69) is 13.8 Å². The van der Waals surface area contributed by atoms with Crippen molar-refractivity contribution in [2.24, 2.45) is 0 Å². The SMILES string of the molecule is COc1ccccc1C=[N+](O)C1N(C)C(=S)SC1(C)C. The highest BCUT2D eigenvalue weighted by atomic mass is 32.2. The lowest BCUT2D eigenvalue weighted by Gasteiger charge is -2.22. The van der Waals surface area contributed by atoms with Gasteiger partial charge in [0.2, 0.25) is 6.21 Å². The Morgan fingerprint density at radius 1 is 1.45 bits per heavy atom. The first-order valence-electron chi connectivity index (χ1n) is 6.27. The van der Waals surface area contributed by atoms with Crippen molar-refractivity contribution in [3.8, 4) is 5.75 Å². The number of hydrogen-bond acceptors (Lipinski definition) is 4. The third-order valence-corrected chi connectivity index (χ3v) is 5.03. The molecule has 0 aromatic heterocycles. The van der Waals surface area contributed by atoms with Gasteiger partial charge in [-0.3, -0.25) is 10.1 Å². The Morgan fingerprint density at radius 3 is 2.65 bits per heavy atom. The Bertz CT molecular complexity index is 558. The Hall–Kier alpha value is -1.27. The highest BCUT2D eigenvalue weighted by Gasteiger charge is 2.51. The van der Waals surface area contributed by atoms with Gasteiger partial charge in [0.25, 0.3) is 6.17 Å². The summed E-state index contributed by atoms with van der Waals surface area (Å²) in [6, 6.07) is 7.57. The molecule has 2 rings (SSSR count). The Kier molecular flexibility index (Phi) is 4.25. The molecular formula is C14H19N2O2S2+. The molecule has 0 spiro atoms. The average Bonchev–Trinajstić information content (AvgIpc) is 2.58. The van der Waals surface area contributed by atoms with E-state index in [9.17, 15) is 5.21 Å². The maximum Gasteiger partial charge on any atom is 0.292 e. The molecule has 20 heavy (non-hydrogen) atoms. The van der Waals surface area contributed by atoms with Crippen LogP contribution in [0.25, 0.3) is 0 Å². The molecule has 1 saturated heterocycles. The van der Waals surface area contributed by atoms with Crippen molar-refractivity contribution in [3.05, 3.63) is 29.8 Å². The summed E-state index contributed by atoms with van der Waals surface area (Å²) in [6.45, 7) is 4.13. The molecule has 1 aliphatic heterocycles. The van der Waals surface area contributed by atoms with Crippen LogP contribution in [0.1, 0.15) is 19.4 Å². The minimum absolute atomic E-state index is 0.195. The lowest BCUT2D eigenvalue weighted by Crippen LogP contribution is -2.47. The minimum atomic E-state index is -0.218. The Balaban J connectivity index is 2.37. The fraction of sp³-hybridized carbons (Fsp3) is 0.429. The summed E-state index contributed by atoms with van der Waals surface area (Å²) in [5.41, 5.74) is 0.824. The van der Waals surface area contributed by atoms with Crippen molar-refractivity contribution in [1.29, 1.82) is 0 Å². The van der Waals surface area contributed by atoms with Gasteiger partial charge < -0.3 is 4.74 Å². The monoisotopic (exact) mass is 311 g/mol. The van der Waals surface area contributed by atoms with Crippen molar-refractivity contribution < 1.29 is 14.7 Å². The van der Waals surface area contributed by atoms with Crippen LogP contribution in [0, 0.1) is 0 Å². The highest BCUT2D eigenvalue weighted by Crippen LogP contribution is 2.40. The second-order valence-electron chi connectivity index (χ2n) is 5.21. The third-order valence-electron chi connectivity index (χ3n) is 3.29. The fourth-order valence-corrected chi connectivity index (χ4v) is 4.21. The lowest BCUT2D eigenvalue weighted by molar-refractivity contribution is -0.808. The molecule has 108 valence electrons. The molecule has 6 heteroatoms. The van der Waals surface area contributed by atoms with Crippen LogP contribution in [0.5, 0.6) is 5.75 Å². The van der Waals surface area contributed by atoms with E-state index in [0.29, 0.717) is 0 Å². The number of nitrogens with zero attached hydrogens (tertiary/aromatic N) is 2. The number of hydroxylamine groups is 1. The predicted molar refractivity (Wildman–Crippen MR) is 86.0 cm³/mol. The van der Waals surface area contributed by atoms with Gasteiger partial charge in [0.15, 0.2) is 0 Å². The van der Waals surface area contributed by atoms with E-state index in [4.69, 9.17) is 17.0 Å². The highest BCUT2D eigenvalue weighted by molar-refractivity contribution is 8.24. The molecule has 0 radical (unpaired) electrons. The molecule has 1 atom stereocenters. The van der Waals surface area contributed by atoms with Crippen LogP contribution in [0.3, 0.4) is 0 Å². The molecule has 1 N–H and O–H groups in total. The number of para-hydroxylation sites is 1. The normalized spacial score (nSPS) is 22.2. The Labute approximate surface area is 129 Å². The quantitative estimate of drug-likeness (QED) is 0.305. The largest absolute Gasteiger partial charge is 0.496 e. The second kappa shape index (κ2) is 5.61. The molecule has 0 aliphatic carbocycles. The van der Waals surface area contributed by atoms with Crippen LogP contribution in [0.4, 0.5) is 0 Å². The predicted octanol–water partition coefficient (Wildman–Crippen LogP) is 2.58. The van der Waals surface area contributed by atoms with Gasteiger partial charge >= 0.3 is 0 Å². The number of benzene rings is 1. The third kappa shape index (κ3) is 2.76. The van der Waals surface area contributed by atoms with Crippen LogP contribution in [-0.4, -0.2) is 50.5 Å². The molecule has 0 amide bonds. The topological polar surface area (TPSA) is 35.7 Å². The lowest BCUT2D eigenvalue weighted by atomic mass is 10.1. The van der Waals surface area contributed by atoms with Gasteiger partial charge in [-0.15, -0.1) is 0 Å². The number of thiocarbonyl (C=S) groups is 1. The standard InChI is InChI=1S/C14H19N2O2S2/c1-14(2)12(15(3)13(19)20-14)16(17)9-10-7-5-6-8-11(10)18-4/h5-9,12,17H,1-4H3/q+1. The molecule has 1 aromatic carbocycles. The number of rotatable bonds is 3. The summed E-state index contributed by atoms with van der Waals surface area (Å²) in [7, 11) is 3.51. The van der Waals surface area contributed by atoms with E-state index in [1.165, 1.54) is 4.74 Å². The molecule has 0 bridgehead atoms. The summed E-state index contributed by atoms with van der Waals surface area (Å²) >= 11 is 6.90. The minimum Gasteiger partial charge on any atom is -0.496 e. The van der Waals surface area contributed by atoms with Crippen LogP contribution >= 0.6 is 24.0 Å². The number of hydrogen-bond donors (Lipinski definition) is 1. The van der Waals surface area contributed by atoms with E-state index in [-0.39, 0.29) is 10.9 Å². The van der Waals surface area contributed by atoms with Gasteiger partial charge in [0.1, 0.15) is 14.8 Å². The maximum absolute atomic E-state index is 10.5. The van der Waals surface area contributed by atoms with Crippen LogP contribution < -0.4 is 4.74 Å². The van der Waals surface area contributed by atoms with Crippen LogP contribution in [0.15, 0.2) is 24.3 Å². The van der Waals surface area contributed by atoms with Gasteiger partial charge in [-0.2, -0.15) is 0 Å². The fourth-order valence-electron chi connectivity index (χ4n) is 2.40. The van der Waals surface area contributed by atoms with E-state index in [1.807, 2.05) is 36.2 Å². The molecule has 1 heterocycles. The van der Waals surface area contributed by atoms with E-state index < -0.39 is 0 Å². The zero-order valence-electron chi connectivity index (χ0n) is 12.0. The van der Waals surface area contributed by atoms with E-state index in [0.717, 1.165) is 15.6 Å². The zero-order valence-corrected chi connectivity index (χ0v) is 13.7. The molecule has 1 fully saturated rings.